The molecule has 0 heterocycles. The van der Waals surface area contributed by atoms with E-state index in [4.69, 9.17) is 9.84 Å². The van der Waals surface area contributed by atoms with Crippen molar-refractivity contribution in [3.63, 3.8) is 0 Å². The van der Waals surface area contributed by atoms with Crippen molar-refractivity contribution in [3.8, 4) is 17.6 Å². The molecule has 0 aromatic heterocycles. The normalized spacial score (nSPS) is 9.70. The molecule has 0 spiro atoms. The molecule has 0 saturated carbocycles. The average molecular weight is 270 g/mol. The van der Waals surface area contributed by atoms with Crippen LogP contribution in [0.3, 0.4) is 0 Å². The first-order chi connectivity index (χ1) is 9.79. The van der Waals surface area contributed by atoms with E-state index in [1.807, 2.05) is 30.3 Å². The highest BCUT2D eigenvalue weighted by Gasteiger charge is 2.03. The summed E-state index contributed by atoms with van der Waals surface area (Å²) in [5.41, 5.74) is 1.53. The van der Waals surface area contributed by atoms with Crippen LogP contribution in [-0.4, -0.2) is 11.7 Å². The van der Waals surface area contributed by atoms with Gasteiger partial charge in [0, 0.05) is 6.42 Å². The number of aliphatic hydroxyl groups excluding tert-OH is 1. The van der Waals surface area contributed by atoms with Crippen LogP contribution in [0.15, 0.2) is 48.5 Å². The number of benzene rings is 2. The summed E-state index contributed by atoms with van der Waals surface area (Å²) in [5, 5.41) is 8.71. The number of ether oxygens (including phenoxy) is 1. The minimum absolute atomic E-state index is 0.0114. The zero-order chi connectivity index (χ0) is 14.2. The Morgan fingerprint density at radius 3 is 2.65 bits per heavy atom. The minimum Gasteiger partial charge on any atom is -0.488 e. The summed E-state index contributed by atoms with van der Waals surface area (Å²) in [4.78, 5) is 0. The quantitative estimate of drug-likeness (QED) is 0.865. The molecule has 2 aromatic rings. The summed E-state index contributed by atoms with van der Waals surface area (Å²) in [6.45, 7) is 0.393. The van der Waals surface area contributed by atoms with Gasteiger partial charge in [-0.25, -0.2) is 4.39 Å². The maximum Gasteiger partial charge on any atom is 0.135 e. The Morgan fingerprint density at radius 1 is 1.10 bits per heavy atom. The molecule has 1 N–H and O–H groups in total. The van der Waals surface area contributed by atoms with E-state index < -0.39 is 0 Å². The number of hydrogen-bond donors (Lipinski definition) is 1. The fraction of sp³-hybridized carbons (Fsp3) is 0.176. The van der Waals surface area contributed by atoms with Crippen LogP contribution in [0.1, 0.15) is 17.5 Å². The third kappa shape index (κ3) is 4.11. The van der Waals surface area contributed by atoms with Crippen LogP contribution in [0.25, 0.3) is 0 Å². The Morgan fingerprint density at radius 2 is 1.90 bits per heavy atom. The second kappa shape index (κ2) is 7.32. The molecule has 2 aromatic carbocycles. The summed E-state index contributed by atoms with van der Waals surface area (Å²) in [6.07, 6.45) is 0.356. The highest BCUT2D eigenvalue weighted by Crippen LogP contribution is 2.20. The van der Waals surface area contributed by atoms with Crippen LogP contribution >= 0.6 is 0 Å². The van der Waals surface area contributed by atoms with Gasteiger partial charge >= 0.3 is 0 Å². The highest BCUT2D eigenvalue weighted by atomic mass is 19.1. The monoisotopic (exact) mass is 270 g/mol. The van der Waals surface area contributed by atoms with E-state index in [1.54, 1.807) is 6.07 Å². The first-order valence-corrected chi connectivity index (χ1v) is 6.35. The predicted molar refractivity (Wildman–Crippen MR) is 75.8 cm³/mol. The predicted octanol–water partition coefficient (Wildman–Crippen LogP) is 3.14. The maximum atomic E-state index is 13.2. The third-order valence-corrected chi connectivity index (χ3v) is 2.64. The first kappa shape index (κ1) is 14.1. The fourth-order valence-corrected chi connectivity index (χ4v) is 1.67. The van der Waals surface area contributed by atoms with Gasteiger partial charge < -0.3 is 9.84 Å². The zero-order valence-corrected chi connectivity index (χ0v) is 11.0. The van der Waals surface area contributed by atoms with E-state index in [1.165, 1.54) is 12.1 Å². The Balaban J connectivity index is 2.13. The van der Waals surface area contributed by atoms with Gasteiger partial charge in [0.15, 0.2) is 0 Å². The molecule has 0 saturated heterocycles. The first-order valence-electron chi connectivity index (χ1n) is 6.35. The van der Waals surface area contributed by atoms with E-state index in [2.05, 4.69) is 11.8 Å². The van der Waals surface area contributed by atoms with Gasteiger partial charge in [-0.1, -0.05) is 42.2 Å². The molecule has 0 aliphatic carbocycles. The standard InChI is InChI=1S/C17H15FO2/c18-16-9-10-17(15(12-16)8-4-5-11-19)20-13-14-6-2-1-3-7-14/h1-3,6-7,9-10,12,19H,5,11,13H2. The molecule has 0 amide bonds. The minimum atomic E-state index is -0.356. The van der Waals surface area contributed by atoms with Gasteiger partial charge in [0.25, 0.3) is 0 Å². The van der Waals surface area contributed by atoms with E-state index in [0.717, 1.165) is 5.56 Å². The van der Waals surface area contributed by atoms with Gasteiger partial charge in [-0.15, -0.1) is 0 Å². The van der Waals surface area contributed by atoms with Crippen molar-refractivity contribution in [2.45, 2.75) is 13.0 Å². The molecular formula is C17H15FO2. The fourth-order valence-electron chi connectivity index (χ4n) is 1.67. The molecule has 0 fully saturated rings. The number of halogens is 1. The van der Waals surface area contributed by atoms with Crippen LogP contribution in [0, 0.1) is 17.7 Å². The van der Waals surface area contributed by atoms with Crippen LogP contribution in [0.5, 0.6) is 5.75 Å². The van der Waals surface area contributed by atoms with Gasteiger partial charge in [-0.3, -0.25) is 0 Å². The topological polar surface area (TPSA) is 29.5 Å². The molecule has 0 atom stereocenters. The molecule has 20 heavy (non-hydrogen) atoms. The molecule has 3 heteroatoms. The lowest BCUT2D eigenvalue weighted by atomic mass is 10.2. The summed E-state index contributed by atoms with van der Waals surface area (Å²) in [7, 11) is 0. The molecule has 0 unspecified atom stereocenters. The van der Waals surface area contributed by atoms with Gasteiger partial charge in [0.1, 0.15) is 18.2 Å². The Bertz CT molecular complexity index is 612. The van der Waals surface area contributed by atoms with Gasteiger partial charge in [-0.05, 0) is 23.8 Å². The van der Waals surface area contributed by atoms with Crippen molar-refractivity contribution in [2.75, 3.05) is 6.61 Å². The van der Waals surface area contributed by atoms with E-state index >= 15 is 0 Å². The van der Waals surface area contributed by atoms with Crippen LogP contribution < -0.4 is 4.74 Å². The van der Waals surface area contributed by atoms with E-state index in [9.17, 15) is 4.39 Å². The largest absolute Gasteiger partial charge is 0.488 e. The lowest BCUT2D eigenvalue weighted by molar-refractivity contribution is 0.304. The molecule has 0 bridgehead atoms. The SMILES string of the molecule is OCCC#Cc1cc(F)ccc1OCc1ccccc1. The molecule has 0 aliphatic rings. The zero-order valence-electron chi connectivity index (χ0n) is 11.0. The maximum absolute atomic E-state index is 13.2. The lowest BCUT2D eigenvalue weighted by Crippen LogP contribution is -1.97. The van der Waals surface area contributed by atoms with Crippen molar-refractivity contribution in [3.05, 3.63) is 65.5 Å². The lowest BCUT2D eigenvalue weighted by Gasteiger charge is -2.08. The Labute approximate surface area is 117 Å². The van der Waals surface area contributed by atoms with Gasteiger partial charge in [-0.2, -0.15) is 0 Å². The average Bonchev–Trinajstić information content (AvgIpc) is 2.48. The van der Waals surface area contributed by atoms with Crippen LogP contribution in [0.4, 0.5) is 4.39 Å². The van der Waals surface area contributed by atoms with E-state index in [0.29, 0.717) is 24.3 Å². The molecule has 0 radical (unpaired) electrons. The summed E-state index contributed by atoms with van der Waals surface area (Å²) >= 11 is 0. The van der Waals surface area contributed by atoms with Crippen molar-refractivity contribution in [1.29, 1.82) is 0 Å². The third-order valence-electron chi connectivity index (χ3n) is 2.64. The smallest absolute Gasteiger partial charge is 0.135 e. The molecular weight excluding hydrogens is 255 g/mol. The van der Waals surface area contributed by atoms with Gasteiger partial charge in [0.05, 0.1) is 12.2 Å². The second-order valence-electron chi connectivity index (χ2n) is 4.19. The molecule has 0 aliphatic heterocycles. The Hall–Kier alpha value is -2.31. The van der Waals surface area contributed by atoms with Crippen molar-refractivity contribution in [1.82, 2.24) is 0 Å². The molecule has 102 valence electrons. The molecule has 2 nitrogen and oxygen atoms in total. The van der Waals surface area contributed by atoms with Crippen LogP contribution in [0.2, 0.25) is 0 Å². The van der Waals surface area contributed by atoms with Crippen LogP contribution in [-0.2, 0) is 6.61 Å². The van der Waals surface area contributed by atoms with Crippen molar-refractivity contribution >= 4 is 0 Å². The number of rotatable bonds is 4. The van der Waals surface area contributed by atoms with Crippen molar-refractivity contribution < 1.29 is 14.2 Å². The second-order valence-corrected chi connectivity index (χ2v) is 4.19. The summed E-state index contributed by atoms with van der Waals surface area (Å²) in [5.74, 6) is 5.77. The molecule has 2 rings (SSSR count). The highest BCUT2D eigenvalue weighted by molar-refractivity contribution is 5.46. The summed E-state index contributed by atoms with van der Waals surface area (Å²) in [6, 6.07) is 14.0. The number of aliphatic hydroxyl groups is 1. The van der Waals surface area contributed by atoms with Crippen molar-refractivity contribution in [2.24, 2.45) is 0 Å². The summed E-state index contributed by atoms with van der Waals surface area (Å²) < 4.78 is 18.9. The Kier molecular flexibility index (Phi) is 5.16. The van der Waals surface area contributed by atoms with Gasteiger partial charge in [0.2, 0.25) is 0 Å². The number of hydrogen-bond acceptors (Lipinski definition) is 2. The van der Waals surface area contributed by atoms with E-state index in [-0.39, 0.29) is 12.4 Å².